The highest BCUT2D eigenvalue weighted by molar-refractivity contribution is 7.99. The van der Waals surface area contributed by atoms with E-state index in [0.717, 1.165) is 66.3 Å². The number of carbonyl (C=O) groups excluding carboxylic acids is 1. The van der Waals surface area contributed by atoms with Gasteiger partial charge in [0.05, 0.1) is 18.4 Å². The summed E-state index contributed by atoms with van der Waals surface area (Å²) in [5, 5.41) is 11.0. The average molecular weight is 468 g/mol. The lowest BCUT2D eigenvalue weighted by atomic mass is 9.94. The molecule has 3 aromatic rings. The molecule has 8 heteroatoms. The average Bonchev–Trinajstić information content (AvgIpc) is 3.59. The monoisotopic (exact) mass is 467 g/mol. The van der Waals surface area contributed by atoms with Crippen LogP contribution in [0.15, 0.2) is 35.6 Å². The standard InChI is InChI=1S/C25H33N5O2S/c1-2-29(18-9-4-3-5-10-18)23(31)17-33-25-28-27-24(30(25)16-19-11-8-14-32-19)21-15-26-22-13-7-6-12-20(21)22/h6-7,12-13,15,18-19,26H,2-5,8-11,14,16-17H2,1H3. The van der Waals surface area contributed by atoms with Gasteiger partial charge in [-0.15, -0.1) is 10.2 Å². The van der Waals surface area contributed by atoms with Crippen LogP contribution in [0.2, 0.25) is 0 Å². The lowest BCUT2D eigenvalue weighted by Gasteiger charge is -2.33. The van der Waals surface area contributed by atoms with Gasteiger partial charge in [0.15, 0.2) is 11.0 Å². The first-order valence-corrected chi connectivity index (χ1v) is 13.3. The van der Waals surface area contributed by atoms with E-state index in [4.69, 9.17) is 4.74 Å². The number of aromatic amines is 1. The van der Waals surface area contributed by atoms with Crippen LogP contribution in [0.4, 0.5) is 0 Å². The first kappa shape index (κ1) is 22.5. The predicted molar refractivity (Wildman–Crippen MR) is 131 cm³/mol. The number of fused-ring (bicyclic) bond motifs is 1. The molecule has 0 bridgehead atoms. The summed E-state index contributed by atoms with van der Waals surface area (Å²) in [6.07, 6.45) is 10.3. The van der Waals surface area contributed by atoms with Gasteiger partial charge in [-0.1, -0.05) is 49.2 Å². The Kier molecular flexibility index (Phi) is 7.02. The van der Waals surface area contributed by atoms with Crippen LogP contribution in [0.5, 0.6) is 0 Å². The van der Waals surface area contributed by atoms with Crippen molar-refractivity contribution in [1.82, 2.24) is 24.6 Å². The molecule has 1 aliphatic carbocycles. The number of nitrogens with zero attached hydrogens (tertiary/aromatic N) is 4. The second kappa shape index (κ2) is 10.3. The lowest BCUT2D eigenvalue weighted by Crippen LogP contribution is -2.42. The Morgan fingerprint density at radius 3 is 2.82 bits per heavy atom. The molecule has 3 heterocycles. The van der Waals surface area contributed by atoms with Crippen LogP contribution in [-0.2, 0) is 16.1 Å². The molecule has 33 heavy (non-hydrogen) atoms. The molecule has 0 radical (unpaired) electrons. The SMILES string of the molecule is CCN(C(=O)CSc1nnc(-c2c[nH]c3ccccc23)n1CC1CCCO1)C1CCCCC1. The van der Waals surface area contributed by atoms with Crippen LogP contribution in [0.3, 0.4) is 0 Å². The molecule has 1 saturated heterocycles. The maximum absolute atomic E-state index is 13.1. The van der Waals surface area contributed by atoms with Gasteiger partial charge in [0.25, 0.3) is 0 Å². The minimum absolute atomic E-state index is 0.161. The van der Waals surface area contributed by atoms with Gasteiger partial charge < -0.3 is 14.6 Å². The fourth-order valence-electron chi connectivity index (χ4n) is 5.25. The molecule has 1 amide bonds. The number of amides is 1. The molecule has 2 fully saturated rings. The van der Waals surface area contributed by atoms with E-state index in [0.29, 0.717) is 18.3 Å². The second-order valence-electron chi connectivity index (χ2n) is 9.06. The quantitative estimate of drug-likeness (QED) is 0.478. The molecular weight excluding hydrogens is 434 g/mol. The summed E-state index contributed by atoms with van der Waals surface area (Å²) in [7, 11) is 0. The predicted octanol–water partition coefficient (Wildman–Crippen LogP) is 4.88. The smallest absolute Gasteiger partial charge is 0.233 e. The van der Waals surface area contributed by atoms with Gasteiger partial charge in [-0.25, -0.2) is 0 Å². The third-order valence-electron chi connectivity index (χ3n) is 6.96. The Hall–Kier alpha value is -2.32. The van der Waals surface area contributed by atoms with Crippen LogP contribution in [-0.4, -0.2) is 61.6 Å². The molecule has 1 N–H and O–H groups in total. The zero-order valence-electron chi connectivity index (χ0n) is 19.3. The number of hydrogen-bond acceptors (Lipinski definition) is 5. The van der Waals surface area contributed by atoms with Gasteiger partial charge in [-0.05, 0) is 38.7 Å². The van der Waals surface area contributed by atoms with Gasteiger partial charge in [-0.3, -0.25) is 9.36 Å². The molecule has 1 aromatic carbocycles. The summed E-state index contributed by atoms with van der Waals surface area (Å²) < 4.78 is 8.09. The maximum atomic E-state index is 13.1. The highest BCUT2D eigenvalue weighted by atomic mass is 32.2. The number of hydrogen-bond donors (Lipinski definition) is 1. The fourth-order valence-corrected chi connectivity index (χ4v) is 6.08. The molecule has 1 atom stereocenters. The number of ether oxygens (including phenoxy) is 1. The number of aromatic nitrogens is 4. The van der Waals surface area contributed by atoms with Gasteiger partial charge in [0.2, 0.25) is 5.91 Å². The van der Waals surface area contributed by atoms with Crippen molar-refractivity contribution in [1.29, 1.82) is 0 Å². The van der Waals surface area contributed by atoms with Crippen LogP contribution in [0, 0.1) is 0 Å². The highest BCUT2D eigenvalue weighted by Crippen LogP contribution is 2.32. The summed E-state index contributed by atoms with van der Waals surface area (Å²) in [5.41, 5.74) is 2.11. The van der Waals surface area contributed by atoms with E-state index in [1.54, 1.807) is 0 Å². The minimum atomic E-state index is 0.161. The Bertz CT molecular complexity index is 1080. The molecule has 0 spiro atoms. The van der Waals surface area contributed by atoms with E-state index in [2.05, 4.69) is 43.7 Å². The second-order valence-corrected chi connectivity index (χ2v) is 10.0. The highest BCUT2D eigenvalue weighted by Gasteiger charge is 2.26. The van der Waals surface area contributed by atoms with Gasteiger partial charge >= 0.3 is 0 Å². The first-order valence-electron chi connectivity index (χ1n) is 12.3. The minimum Gasteiger partial charge on any atom is -0.376 e. The summed E-state index contributed by atoms with van der Waals surface area (Å²) in [4.78, 5) is 18.6. The largest absolute Gasteiger partial charge is 0.376 e. The number of carbonyl (C=O) groups is 1. The van der Waals surface area contributed by atoms with Crippen molar-refractivity contribution in [2.24, 2.45) is 0 Å². The molecule has 2 aliphatic rings. The number of para-hydroxylation sites is 1. The Morgan fingerprint density at radius 2 is 2.03 bits per heavy atom. The zero-order valence-corrected chi connectivity index (χ0v) is 20.1. The number of benzene rings is 1. The third kappa shape index (κ3) is 4.82. The van der Waals surface area contributed by atoms with Crippen molar-refractivity contribution < 1.29 is 9.53 Å². The molecule has 7 nitrogen and oxygen atoms in total. The van der Waals surface area contributed by atoms with Crippen molar-refractivity contribution in [3.8, 4) is 11.4 Å². The Morgan fingerprint density at radius 1 is 1.18 bits per heavy atom. The van der Waals surface area contributed by atoms with E-state index in [9.17, 15) is 4.79 Å². The van der Waals surface area contributed by atoms with Crippen LogP contribution < -0.4 is 0 Å². The first-order chi connectivity index (χ1) is 16.2. The summed E-state index contributed by atoms with van der Waals surface area (Å²) in [5.74, 6) is 1.43. The molecule has 1 unspecified atom stereocenters. The van der Waals surface area contributed by atoms with E-state index in [1.165, 1.54) is 31.0 Å². The topological polar surface area (TPSA) is 76.0 Å². The van der Waals surface area contributed by atoms with Crippen molar-refractivity contribution in [2.45, 2.75) is 75.7 Å². The summed E-state index contributed by atoms with van der Waals surface area (Å²) >= 11 is 1.50. The van der Waals surface area contributed by atoms with E-state index in [1.807, 2.05) is 18.3 Å². The molecule has 1 aliphatic heterocycles. The lowest BCUT2D eigenvalue weighted by molar-refractivity contribution is -0.131. The van der Waals surface area contributed by atoms with Crippen molar-refractivity contribution in [3.05, 3.63) is 30.5 Å². The van der Waals surface area contributed by atoms with Gasteiger partial charge in [0.1, 0.15) is 0 Å². The molecule has 2 aromatic heterocycles. The van der Waals surface area contributed by atoms with Crippen LogP contribution in [0.1, 0.15) is 51.9 Å². The van der Waals surface area contributed by atoms with E-state index in [-0.39, 0.29) is 12.0 Å². The van der Waals surface area contributed by atoms with Crippen LogP contribution in [0.25, 0.3) is 22.3 Å². The molecule has 5 rings (SSSR count). The number of rotatable bonds is 8. The fraction of sp³-hybridized carbons (Fsp3) is 0.560. The van der Waals surface area contributed by atoms with E-state index >= 15 is 0 Å². The Labute approximate surface area is 199 Å². The molecular formula is C25H33N5O2S. The summed E-state index contributed by atoms with van der Waals surface area (Å²) in [6, 6.07) is 8.63. The van der Waals surface area contributed by atoms with E-state index < -0.39 is 0 Å². The normalized spacial score (nSPS) is 19.4. The van der Waals surface area contributed by atoms with Crippen molar-refractivity contribution in [2.75, 3.05) is 18.9 Å². The van der Waals surface area contributed by atoms with Gasteiger partial charge in [0, 0.05) is 41.9 Å². The maximum Gasteiger partial charge on any atom is 0.233 e. The van der Waals surface area contributed by atoms with Crippen molar-refractivity contribution >= 4 is 28.6 Å². The van der Waals surface area contributed by atoms with Crippen LogP contribution >= 0.6 is 11.8 Å². The summed E-state index contributed by atoms with van der Waals surface area (Å²) in [6.45, 7) is 4.38. The Balaban J connectivity index is 1.38. The van der Waals surface area contributed by atoms with Gasteiger partial charge in [-0.2, -0.15) is 0 Å². The number of thioether (sulfide) groups is 1. The molecule has 176 valence electrons. The zero-order chi connectivity index (χ0) is 22.6. The number of nitrogens with one attached hydrogen (secondary N) is 1. The van der Waals surface area contributed by atoms with Crippen molar-refractivity contribution in [3.63, 3.8) is 0 Å². The molecule has 1 saturated carbocycles. The number of H-pyrrole nitrogens is 1. The third-order valence-corrected chi connectivity index (χ3v) is 7.91.